The van der Waals surface area contributed by atoms with Gasteiger partial charge in [0.05, 0.1) is 23.4 Å². The number of aromatic nitrogens is 2. The second kappa shape index (κ2) is 7.98. The van der Waals surface area contributed by atoms with Crippen molar-refractivity contribution in [2.24, 2.45) is 13.0 Å². The summed E-state index contributed by atoms with van der Waals surface area (Å²) in [7, 11) is 6.20. The van der Waals surface area contributed by atoms with Crippen LogP contribution in [-0.2, 0) is 13.6 Å². The number of aryl methyl sites for hydroxylation is 1. The fraction of sp³-hybridized carbons (Fsp3) is 0.500. The van der Waals surface area contributed by atoms with Crippen LogP contribution in [0, 0.1) is 23.1 Å². The normalized spacial score (nSPS) is 21.1. The van der Waals surface area contributed by atoms with E-state index in [-0.39, 0.29) is 5.82 Å². The number of benzene rings is 1. The summed E-state index contributed by atoms with van der Waals surface area (Å²) in [6.07, 6.45) is 4.18. The van der Waals surface area contributed by atoms with E-state index in [1.807, 2.05) is 25.0 Å². The fourth-order valence-electron chi connectivity index (χ4n) is 4.15. The van der Waals surface area contributed by atoms with Crippen molar-refractivity contribution in [3.63, 3.8) is 0 Å². The van der Waals surface area contributed by atoms with Gasteiger partial charge in [-0.1, -0.05) is 0 Å². The van der Waals surface area contributed by atoms with Crippen molar-refractivity contribution >= 4 is 0 Å². The molecule has 1 aromatic carbocycles. The Morgan fingerprint density at radius 1 is 1.35 bits per heavy atom. The lowest BCUT2D eigenvalue weighted by molar-refractivity contribution is 0.0872. The van der Waals surface area contributed by atoms with E-state index in [9.17, 15) is 9.65 Å². The molecule has 26 heavy (non-hydrogen) atoms. The maximum atomic E-state index is 13.6. The average molecular weight is 355 g/mol. The molecule has 6 heteroatoms. The number of likely N-dealkylation sites (tertiary alicyclic amines) is 1. The predicted octanol–water partition coefficient (Wildman–Crippen LogP) is 2.95. The Labute approximate surface area is 154 Å². The van der Waals surface area contributed by atoms with Crippen molar-refractivity contribution in [1.82, 2.24) is 19.6 Å². The number of piperidine rings is 1. The van der Waals surface area contributed by atoms with Gasteiger partial charge in [-0.25, -0.2) is 4.39 Å². The number of nitriles is 1. The highest BCUT2D eigenvalue weighted by atomic mass is 19.1. The van der Waals surface area contributed by atoms with Gasteiger partial charge in [-0.15, -0.1) is 0 Å². The molecule has 1 aliphatic heterocycles. The third kappa shape index (κ3) is 3.95. The molecular formula is C20H26FN5. The standard InChI is InChI=1S/C20H26FN5/c1-24(14-17-11-18(21)7-6-15(17)12-22)13-16-5-4-10-25(2)20(16)19-8-9-23-26(19)3/h6-9,11,16,20H,4-5,10,13-14H2,1-3H3/t16-,20+/m0/s1. The van der Waals surface area contributed by atoms with Crippen molar-refractivity contribution in [3.05, 3.63) is 53.1 Å². The van der Waals surface area contributed by atoms with Crippen LogP contribution < -0.4 is 0 Å². The molecule has 0 N–H and O–H groups in total. The van der Waals surface area contributed by atoms with Crippen molar-refractivity contribution in [2.75, 3.05) is 27.2 Å². The molecule has 0 aliphatic carbocycles. The molecule has 2 aromatic rings. The zero-order chi connectivity index (χ0) is 18.7. The lowest BCUT2D eigenvalue weighted by Crippen LogP contribution is -2.41. The summed E-state index contributed by atoms with van der Waals surface area (Å²) >= 11 is 0. The second-order valence-electron chi connectivity index (χ2n) is 7.32. The Morgan fingerprint density at radius 2 is 2.15 bits per heavy atom. The van der Waals surface area contributed by atoms with Gasteiger partial charge in [-0.2, -0.15) is 10.4 Å². The first kappa shape index (κ1) is 18.6. The number of halogens is 1. The highest BCUT2D eigenvalue weighted by Gasteiger charge is 2.33. The van der Waals surface area contributed by atoms with E-state index >= 15 is 0 Å². The van der Waals surface area contributed by atoms with Crippen LogP contribution in [-0.4, -0.2) is 46.8 Å². The van der Waals surface area contributed by atoms with Crippen molar-refractivity contribution in [2.45, 2.75) is 25.4 Å². The molecule has 0 spiro atoms. The molecule has 1 saturated heterocycles. The first-order valence-corrected chi connectivity index (χ1v) is 9.05. The first-order valence-electron chi connectivity index (χ1n) is 9.05. The van der Waals surface area contributed by atoms with E-state index in [0.717, 1.165) is 25.1 Å². The van der Waals surface area contributed by atoms with Gasteiger partial charge in [0, 0.05) is 26.3 Å². The van der Waals surface area contributed by atoms with Gasteiger partial charge >= 0.3 is 0 Å². The number of rotatable bonds is 5. The minimum absolute atomic E-state index is 0.294. The van der Waals surface area contributed by atoms with E-state index < -0.39 is 0 Å². The first-order chi connectivity index (χ1) is 12.5. The molecule has 1 aromatic heterocycles. The third-order valence-corrected chi connectivity index (χ3v) is 5.34. The monoisotopic (exact) mass is 355 g/mol. The minimum atomic E-state index is -0.294. The molecular weight excluding hydrogens is 329 g/mol. The van der Waals surface area contributed by atoms with Crippen LogP contribution in [0.4, 0.5) is 4.39 Å². The van der Waals surface area contributed by atoms with Gasteiger partial charge in [0.2, 0.25) is 0 Å². The topological polar surface area (TPSA) is 48.1 Å². The van der Waals surface area contributed by atoms with E-state index in [1.165, 1.54) is 24.2 Å². The second-order valence-corrected chi connectivity index (χ2v) is 7.32. The van der Waals surface area contributed by atoms with Gasteiger partial charge < -0.3 is 4.90 Å². The highest BCUT2D eigenvalue weighted by molar-refractivity contribution is 5.37. The summed E-state index contributed by atoms with van der Waals surface area (Å²) in [5.41, 5.74) is 2.52. The van der Waals surface area contributed by atoms with E-state index in [1.54, 1.807) is 6.07 Å². The van der Waals surface area contributed by atoms with Gasteiger partial charge in [0.1, 0.15) is 5.82 Å². The quantitative estimate of drug-likeness (QED) is 0.827. The summed E-state index contributed by atoms with van der Waals surface area (Å²) in [6, 6.07) is 8.96. The van der Waals surface area contributed by atoms with Crippen LogP contribution in [0.1, 0.15) is 35.7 Å². The molecule has 0 saturated carbocycles. The third-order valence-electron chi connectivity index (χ3n) is 5.34. The number of nitrogens with zero attached hydrogens (tertiary/aromatic N) is 5. The summed E-state index contributed by atoms with van der Waals surface area (Å²) < 4.78 is 15.5. The molecule has 1 aliphatic rings. The molecule has 3 rings (SSSR count). The largest absolute Gasteiger partial charge is 0.302 e. The lowest BCUT2D eigenvalue weighted by atomic mass is 9.86. The smallest absolute Gasteiger partial charge is 0.123 e. The summed E-state index contributed by atoms with van der Waals surface area (Å²) in [6.45, 7) is 2.54. The molecule has 0 radical (unpaired) electrons. The Morgan fingerprint density at radius 3 is 2.85 bits per heavy atom. The Bertz CT molecular complexity index is 794. The Kier molecular flexibility index (Phi) is 5.70. The Balaban J connectivity index is 1.75. The highest BCUT2D eigenvalue weighted by Crippen LogP contribution is 2.35. The van der Waals surface area contributed by atoms with Crippen LogP contribution in [0.15, 0.2) is 30.5 Å². The van der Waals surface area contributed by atoms with Crippen molar-refractivity contribution in [3.8, 4) is 6.07 Å². The molecule has 5 nitrogen and oxygen atoms in total. The number of hydrogen-bond acceptors (Lipinski definition) is 4. The predicted molar refractivity (Wildman–Crippen MR) is 98.8 cm³/mol. The van der Waals surface area contributed by atoms with Crippen LogP contribution in [0.3, 0.4) is 0 Å². The molecule has 1 fully saturated rings. The van der Waals surface area contributed by atoms with Crippen molar-refractivity contribution < 1.29 is 4.39 Å². The summed E-state index contributed by atoms with van der Waals surface area (Å²) in [5.74, 6) is 0.172. The number of hydrogen-bond donors (Lipinski definition) is 0. The SMILES string of the molecule is CN(Cc1cc(F)ccc1C#N)C[C@@H]1CCCN(C)[C@H]1c1ccnn1C. The maximum Gasteiger partial charge on any atom is 0.123 e. The molecule has 2 heterocycles. The van der Waals surface area contributed by atoms with Crippen molar-refractivity contribution in [1.29, 1.82) is 5.26 Å². The van der Waals surface area contributed by atoms with Crippen LogP contribution in [0.25, 0.3) is 0 Å². The van der Waals surface area contributed by atoms with Gasteiger partial charge in [0.25, 0.3) is 0 Å². The van der Waals surface area contributed by atoms with Gasteiger partial charge in [0.15, 0.2) is 0 Å². The van der Waals surface area contributed by atoms with E-state index in [2.05, 4.69) is 34.1 Å². The fourth-order valence-corrected chi connectivity index (χ4v) is 4.15. The average Bonchev–Trinajstić information content (AvgIpc) is 3.01. The van der Waals surface area contributed by atoms with Gasteiger partial charge in [-0.05, 0) is 69.2 Å². The lowest BCUT2D eigenvalue weighted by Gasteiger charge is -2.40. The van der Waals surface area contributed by atoms with Gasteiger partial charge in [-0.3, -0.25) is 9.58 Å². The van der Waals surface area contributed by atoms with E-state index in [4.69, 9.17) is 0 Å². The molecule has 0 unspecified atom stereocenters. The summed E-state index contributed by atoms with van der Waals surface area (Å²) in [4.78, 5) is 4.60. The minimum Gasteiger partial charge on any atom is -0.302 e. The zero-order valence-corrected chi connectivity index (χ0v) is 15.7. The molecule has 0 amide bonds. The summed E-state index contributed by atoms with van der Waals surface area (Å²) in [5, 5.41) is 13.6. The van der Waals surface area contributed by atoms with Crippen LogP contribution >= 0.6 is 0 Å². The molecule has 138 valence electrons. The van der Waals surface area contributed by atoms with E-state index in [0.29, 0.717) is 24.1 Å². The van der Waals surface area contributed by atoms with Crippen LogP contribution in [0.2, 0.25) is 0 Å². The molecule has 2 atom stereocenters. The molecule has 0 bridgehead atoms. The zero-order valence-electron chi connectivity index (χ0n) is 15.7. The maximum absolute atomic E-state index is 13.6. The van der Waals surface area contributed by atoms with Crippen LogP contribution in [0.5, 0.6) is 0 Å². The Hall–Kier alpha value is -2.23.